The Balaban J connectivity index is 2.11. The van der Waals surface area contributed by atoms with Crippen molar-refractivity contribution in [3.8, 4) is 0 Å². The van der Waals surface area contributed by atoms with Crippen LogP contribution in [0.15, 0.2) is 12.1 Å². The summed E-state index contributed by atoms with van der Waals surface area (Å²) in [6.45, 7) is 4.28. The number of rotatable bonds is 3. The van der Waals surface area contributed by atoms with Crippen LogP contribution in [0.1, 0.15) is 13.8 Å². The lowest BCUT2D eigenvalue weighted by atomic mass is 10.3. The fourth-order valence-electron chi connectivity index (χ4n) is 1.89. The van der Waals surface area contributed by atoms with E-state index >= 15 is 0 Å². The molecular weight excluding hydrogens is 292 g/mol. The Kier molecular flexibility index (Phi) is 4.24. The fourth-order valence-corrected chi connectivity index (χ4v) is 3.31. The molecule has 2 unspecified atom stereocenters. The first-order valence-electron chi connectivity index (χ1n) is 5.79. The van der Waals surface area contributed by atoms with Crippen molar-refractivity contribution < 1.29 is 13.2 Å². The van der Waals surface area contributed by atoms with E-state index in [1.165, 1.54) is 16.4 Å². The molecule has 0 radical (unpaired) electrons. The molecule has 0 aliphatic carbocycles. The summed E-state index contributed by atoms with van der Waals surface area (Å²) in [7, 11) is -3.66. The summed E-state index contributed by atoms with van der Waals surface area (Å²) in [4.78, 5) is 0. The van der Waals surface area contributed by atoms with Gasteiger partial charge in [0.15, 0.2) is 11.0 Å². The predicted molar refractivity (Wildman–Crippen MR) is 71.2 cm³/mol. The number of anilines is 1. The molecule has 1 aliphatic rings. The molecule has 19 heavy (non-hydrogen) atoms. The summed E-state index contributed by atoms with van der Waals surface area (Å²) >= 11 is 5.59. The average Bonchev–Trinajstić information content (AvgIpc) is 2.31. The maximum atomic E-state index is 12.2. The van der Waals surface area contributed by atoms with Crippen molar-refractivity contribution in [3.05, 3.63) is 17.3 Å². The Morgan fingerprint density at radius 2 is 1.95 bits per heavy atom. The van der Waals surface area contributed by atoms with Gasteiger partial charge in [-0.2, -0.15) is 12.7 Å². The zero-order chi connectivity index (χ0) is 14.0. The number of nitrogens with zero attached hydrogens (tertiary/aromatic N) is 3. The van der Waals surface area contributed by atoms with E-state index in [1.54, 1.807) is 0 Å². The van der Waals surface area contributed by atoms with Crippen molar-refractivity contribution in [3.63, 3.8) is 0 Å². The van der Waals surface area contributed by atoms with E-state index < -0.39 is 10.2 Å². The van der Waals surface area contributed by atoms with Crippen LogP contribution in [0.3, 0.4) is 0 Å². The van der Waals surface area contributed by atoms with Gasteiger partial charge < -0.3 is 4.74 Å². The number of hydrogen-bond acceptors (Lipinski definition) is 5. The molecule has 2 heterocycles. The number of ether oxygens (including phenoxy) is 1. The van der Waals surface area contributed by atoms with Crippen LogP contribution in [0.25, 0.3) is 0 Å². The van der Waals surface area contributed by atoms with Crippen molar-refractivity contribution in [1.29, 1.82) is 0 Å². The van der Waals surface area contributed by atoms with Crippen LogP contribution in [0, 0.1) is 0 Å². The molecule has 2 atom stereocenters. The van der Waals surface area contributed by atoms with Crippen LogP contribution in [0.5, 0.6) is 0 Å². The van der Waals surface area contributed by atoms with Crippen molar-refractivity contribution in [2.24, 2.45) is 0 Å². The fraction of sp³-hybridized carbons (Fsp3) is 0.600. The summed E-state index contributed by atoms with van der Waals surface area (Å²) in [6.07, 6.45) is -0.284. The van der Waals surface area contributed by atoms with Crippen LogP contribution < -0.4 is 4.72 Å². The molecule has 1 saturated heterocycles. The van der Waals surface area contributed by atoms with Gasteiger partial charge in [-0.15, -0.1) is 10.2 Å². The highest BCUT2D eigenvalue weighted by Crippen LogP contribution is 2.16. The molecule has 0 bridgehead atoms. The van der Waals surface area contributed by atoms with Gasteiger partial charge in [0.2, 0.25) is 0 Å². The van der Waals surface area contributed by atoms with Gasteiger partial charge in [0.1, 0.15) is 0 Å². The summed E-state index contributed by atoms with van der Waals surface area (Å²) in [6, 6.07) is 2.93. The smallest absolute Gasteiger partial charge is 0.303 e. The number of nitrogens with one attached hydrogen (secondary N) is 1. The van der Waals surface area contributed by atoms with E-state index in [1.807, 2.05) is 13.8 Å². The lowest BCUT2D eigenvalue weighted by Crippen LogP contribution is -2.50. The standard InChI is InChI=1S/C10H15ClN4O3S/c1-7-5-15(6-8(2)18-7)19(16,17)14-10-4-3-9(11)12-13-10/h3-4,7-8H,5-6H2,1-2H3,(H,13,14). The monoisotopic (exact) mass is 306 g/mol. The predicted octanol–water partition coefficient (Wildman–Crippen LogP) is 0.896. The van der Waals surface area contributed by atoms with E-state index in [4.69, 9.17) is 16.3 Å². The van der Waals surface area contributed by atoms with E-state index in [0.29, 0.717) is 13.1 Å². The third kappa shape index (κ3) is 3.75. The zero-order valence-corrected chi connectivity index (χ0v) is 12.1. The van der Waals surface area contributed by atoms with Crippen molar-refractivity contribution in [1.82, 2.24) is 14.5 Å². The quantitative estimate of drug-likeness (QED) is 0.896. The SMILES string of the molecule is CC1CN(S(=O)(=O)Nc2ccc(Cl)nn2)CC(C)O1. The number of morpholine rings is 1. The minimum absolute atomic E-state index is 0.135. The van der Waals surface area contributed by atoms with Gasteiger partial charge in [0.25, 0.3) is 0 Å². The van der Waals surface area contributed by atoms with E-state index in [9.17, 15) is 8.42 Å². The van der Waals surface area contributed by atoms with E-state index in [-0.39, 0.29) is 23.2 Å². The van der Waals surface area contributed by atoms with Gasteiger partial charge in [-0.1, -0.05) is 11.6 Å². The van der Waals surface area contributed by atoms with E-state index in [2.05, 4.69) is 14.9 Å². The Morgan fingerprint density at radius 3 is 2.47 bits per heavy atom. The average molecular weight is 307 g/mol. The van der Waals surface area contributed by atoms with Gasteiger partial charge in [-0.3, -0.25) is 4.72 Å². The third-order valence-electron chi connectivity index (χ3n) is 2.59. The minimum atomic E-state index is -3.66. The lowest BCUT2D eigenvalue weighted by molar-refractivity contribution is -0.0439. The normalized spacial score (nSPS) is 25.2. The van der Waals surface area contributed by atoms with E-state index in [0.717, 1.165) is 0 Å². The molecule has 9 heteroatoms. The molecule has 0 amide bonds. The maximum Gasteiger partial charge on any atom is 0.303 e. The molecule has 0 spiro atoms. The molecule has 1 aromatic rings. The molecule has 1 fully saturated rings. The Morgan fingerprint density at radius 1 is 1.32 bits per heavy atom. The molecule has 0 aromatic carbocycles. The number of halogens is 1. The second-order valence-corrected chi connectivity index (χ2v) is 6.48. The largest absolute Gasteiger partial charge is 0.373 e. The van der Waals surface area contributed by atoms with Crippen LogP contribution >= 0.6 is 11.6 Å². The second-order valence-electron chi connectivity index (χ2n) is 4.42. The zero-order valence-electron chi connectivity index (χ0n) is 10.6. The molecule has 7 nitrogen and oxygen atoms in total. The highest BCUT2D eigenvalue weighted by Gasteiger charge is 2.31. The molecule has 0 saturated carbocycles. The van der Waals surface area contributed by atoms with Crippen molar-refractivity contribution in [2.75, 3.05) is 17.8 Å². The molecule has 1 aliphatic heterocycles. The van der Waals surface area contributed by atoms with Crippen molar-refractivity contribution in [2.45, 2.75) is 26.1 Å². The summed E-state index contributed by atoms with van der Waals surface area (Å²) < 4.78 is 33.6. The number of hydrogen-bond donors (Lipinski definition) is 1. The van der Waals surface area contributed by atoms with Gasteiger partial charge in [0, 0.05) is 13.1 Å². The topological polar surface area (TPSA) is 84.4 Å². The minimum Gasteiger partial charge on any atom is -0.373 e. The Bertz CT molecular complexity index is 526. The number of aromatic nitrogens is 2. The van der Waals surface area contributed by atoms with Crippen LogP contribution in [0.4, 0.5) is 5.82 Å². The first kappa shape index (κ1) is 14.4. The first-order valence-corrected chi connectivity index (χ1v) is 7.61. The van der Waals surface area contributed by atoms with Gasteiger partial charge in [0.05, 0.1) is 12.2 Å². The highest BCUT2D eigenvalue weighted by molar-refractivity contribution is 7.90. The van der Waals surface area contributed by atoms with Gasteiger partial charge >= 0.3 is 10.2 Å². The van der Waals surface area contributed by atoms with Crippen LogP contribution in [-0.2, 0) is 14.9 Å². The molecule has 1 N–H and O–H groups in total. The molecule has 2 rings (SSSR count). The summed E-state index contributed by atoms with van der Waals surface area (Å²) in [5.74, 6) is 0.135. The summed E-state index contributed by atoms with van der Waals surface area (Å²) in [5.41, 5.74) is 0. The maximum absolute atomic E-state index is 12.2. The Hall–Kier alpha value is -0.960. The highest BCUT2D eigenvalue weighted by atomic mass is 35.5. The second kappa shape index (κ2) is 5.58. The molecule has 1 aromatic heterocycles. The van der Waals surface area contributed by atoms with Crippen LogP contribution in [-0.4, -0.2) is 48.2 Å². The van der Waals surface area contributed by atoms with Gasteiger partial charge in [-0.25, -0.2) is 0 Å². The Labute approximate surface area is 117 Å². The molecule has 106 valence electrons. The van der Waals surface area contributed by atoms with Gasteiger partial charge in [-0.05, 0) is 26.0 Å². The first-order chi connectivity index (χ1) is 8.87. The lowest BCUT2D eigenvalue weighted by Gasteiger charge is -2.34. The third-order valence-corrected chi connectivity index (χ3v) is 4.24. The summed E-state index contributed by atoms with van der Waals surface area (Å²) in [5, 5.41) is 7.45. The van der Waals surface area contributed by atoms with Crippen molar-refractivity contribution >= 4 is 27.6 Å². The van der Waals surface area contributed by atoms with Crippen LogP contribution in [0.2, 0.25) is 5.15 Å². The molecular formula is C10H15ClN4O3S.